The molecule has 1 aromatic heterocycles. The number of hydrogen-bond donors (Lipinski definition) is 2. The van der Waals surface area contributed by atoms with Crippen molar-refractivity contribution in [2.45, 2.75) is 19.5 Å². The second-order valence-electron chi connectivity index (χ2n) is 4.31. The van der Waals surface area contributed by atoms with Gasteiger partial charge in [0.25, 0.3) is 0 Å². The number of primary amides is 1. The first-order valence-corrected chi connectivity index (χ1v) is 6.66. The van der Waals surface area contributed by atoms with Crippen LogP contribution >= 0.6 is 15.9 Å². The molecule has 7 heteroatoms. The maximum atomic E-state index is 13.9. The Hall–Kier alpha value is -1.73. The second-order valence-corrected chi connectivity index (χ2v) is 5.23. The predicted octanol–water partition coefficient (Wildman–Crippen LogP) is 2.20. The molecule has 1 aromatic carbocycles. The topological polar surface area (TPSA) is 81.1 Å². The summed E-state index contributed by atoms with van der Waals surface area (Å²) in [6.45, 7) is 2.01. The highest BCUT2D eigenvalue weighted by molar-refractivity contribution is 9.10. The van der Waals surface area contributed by atoms with E-state index in [4.69, 9.17) is 10.3 Å². The molecule has 0 saturated heterocycles. The molecule has 0 saturated carbocycles. The largest absolute Gasteiger partial charge is 0.368 e. The van der Waals surface area contributed by atoms with E-state index in [0.29, 0.717) is 15.9 Å². The number of carbonyl (C=O) groups is 1. The third kappa shape index (κ3) is 3.43. The highest BCUT2D eigenvalue weighted by Crippen LogP contribution is 2.21. The maximum Gasteiger partial charge on any atom is 0.239 e. The minimum absolute atomic E-state index is 0.195. The summed E-state index contributed by atoms with van der Waals surface area (Å²) in [6.07, 6.45) is 0. The first kappa shape index (κ1) is 14.7. The SMILES string of the molecule is Cc1cc(CN[C@H](C(N)=O)c2ccc(Br)cc2F)no1. The summed E-state index contributed by atoms with van der Waals surface area (Å²) in [4.78, 5) is 11.5. The Morgan fingerprint density at radius 2 is 2.30 bits per heavy atom. The van der Waals surface area contributed by atoms with E-state index in [-0.39, 0.29) is 12.1 Å². The number of nitrogens with one attached hydrogen (secondary N) is 1. The molecule has 0 unspecified atom stereocenters. The van der Waals surface area contributed by atoms with Gasteiger partial charge in [-0.25, -0.2) is 4.39 Å². The molecular weight excluding hydrogens is 329 g/mol. The second kappa shape index (κ2) is 6.15. The van der Waals surface area contributed by atoms with Crippen molar-refractivity contribution in [3.05, 3.63) is 51.6 Å². The van der Waals surface area contributed by atoms with Gasteiger partial charge in [-0.15, -0.1) is 0 Å². The zero-order valence-electron chi connectivity index (χ0n) is 10.7. The summed E-state index contributed by atoms with van der Waals surface area (Å²) in [5, 5.41) is 6.66. The van der Waals surface area contributed by atoms with E-state index in [0.717, 1.165) is 0 Å². The van der Waals surface area contributed by atoms with Gasteiger partial charge in [-0.3, -0.25) is 10.1 Å². The molecule has 5 nitrogen and oxygen atoms in total. The average molecular weight is 342 g/mol. The van der Waals surface area contributed by atoms with Crippen molar-refractivity contribution >= 4 is 21.8 Å². The molecule has 1 atom stereocenters. The number of nitrogens with zero attached hydrogens (tertiary/aromatic N) is 1. The van der Waals surface area contributed by atoms with Gasteiger partial charge < -0.3 is 10.3 Å². The zero-order valence-corrected chi connectivity index (χ0v) is 12.3. The standard InChI is InChI=1S/C13H13BrFN3O2/c1-7-4-9(18-20-7)6-17-12(13(16)19)10-3-2-8(14)5-11(10)15/h2-5,12,17H,6H2,1H3,(H2,16,19)/t12-/m0/s1. The van der Waals surface area contributed by atoms with Crippen LogP contribution in [-0.2, 0) is 11.3 Å². The van der Waals surface area contributed by atoms with Crippen molar-refractivity contribution in [3.63, 3.8) is 0 Å². The number of aromatic nitrogens is 1. The lowest BCUT2D eigenvalue weighted by Crippen LogP contribution is -2.34. The molecule has 2 rings (SSSR count). The first-order chi connectivity index (χ1) is 9.47. The molecule has 0 aliphatic carbocycles. The summed E-state index contributed by atoms with van der Waals surface area (Å²) in [5.74, 6) is -0.509. The molecular formula is C13H13BrFN3O2. The van der Waals surface area contributed by atoms with Gasteiger partial charge in [-0.1, -0.05) is 27.2 Å². The molecule has 2 aromatic rings. The molecule has 106 valence electrons. The van der Waals surface area contributed by atoms with Gasteiger partial charge in [0, 0.05) is 22.6 Å². The van der Waals surface area contributed by atoms with Crippen LogP contribution in [0.25, 0.3) is 0 Å². The number of halogens is 2. The van der Waals surface area contributed by atoms with Crippen molar-refractivity contribution in [2.75, 3.05) is 0 Å². The Kier molecular flexibility index (Phi) is 4.51. The summed E-state index contributed by atoms with van der Waals surface area (Å²) in [5.41, 5.74) is 6.13. The minimum Gasteiger partial charge on any atom is -0.368 e. The predicted molar refractivity (Wildman–Crippen MR) is 74.1 cm³/mol. The van der Waals surface area contributed by atoms with Gasteiger partial charge in [0.15, 0.2) is 0 Å². The molecule has 1 amide bonds. The third-order valence-corrected chi connectivity index (χ3v) is 3.22. The Bertz CT molecular complexity index is 630. The zero-order chi connectivity index (χ0) is 14.7. The summed E-state index contributed by atoms with van der Waals surface area (Å²) < 4.78 is 19.4. The maximum absolute atomic E-state index is 13.9. The Balaban J connectivity index is 2.16. The van der Waals surface area contributed by atoms with E-state index >= 15 is 0 Å². The molecule has 0 bridgehead atoms. The van der Waals surface area contributed by atoms with E-state index in [2.05, 4.69) is 26.4 Å². The van der Waals surface area contributed by atoms with E-state index in [1.165, 1.54) is 12.1 Å². The van der Waals surface area contributed by atoms with E-state index < -0.39 is 17.8 Å². The number of aryl methyl sites for hydroxylation is 1. The molecule has 0 fully saturated rings. The van der Waals surface area contributed by atoms with Crippen LogP contribution in [0.5, 0.6) is 0 Å². The highest BCUT2D eigenvalue weighted by atomic mass is 79.9. The molecule has 0 spiro atoms. The molecule has 0 aliphatic heterocycles. The Morgan fingerprint density at radius 3 is 2.85 bits per heavy atom. The number of nitrogens with two attached hydrogens (primary N) is 1. The Morgan fingerprint density at radius 1 is 1.55 bits per heavy atom. The first-order valence-electron chi connectivity index (χ1n) is 5.87. The fraction of sp³-hybridized carbons (Fsp3) is 0.231. The molecule has 0 aliphatic rings. The van der Waals surface area contributed by atoms with Crippen molar-refractivity contribution in [1.82, 2.24) is 10.5 Å². The van der Waals surface area contributed by atoms with Crippen LogP contribution in [0.4, 0.5) is 4.39 Å². The number of carbonyl (C=O) groups excluding carboxylic acids is 1. The molecule has 20 heavy (non-hydrogen) atoms. The smallest absolute Gasteiger partial charge is 0.239 e. The fourth-order valence-corrected chi connectivity index (χ4v) is 2.14. The molecule has 1 heterocycles. The minimum atomic E-state index is -0.930. The third-order valence-electron chi connectivity index (χ3n) is 2.72. The van der Waals surface area contributed by atoms with E-state index in [9.17, 15) is 9.18 Å². The normalized spacial score (nSPS) is 12.3. The molecule has 3 N–H and O–H groups in total. The fourth-order valence-electron chi connectivity index (χ4n) is 1.81. The number of rotatable bonds is 5. The van der Waals surface area contributed by atoms with Crippen molar-refractivity contribution in [2.24, 2.45) is 5.73 Å². The lowest BCUT2D eigenvalue weighted by molar-refractivity contribution is -0.120. The van der Waals surface area contributed by atoms with Gasteiger partial charge in [-0.2, -0.15) is 0 Å². The Labute approximate surface area is 123 Å². The van der Waals surface area contributed by atoms with Crippen LogP contribution in [0.2, 0.25) is 0 Å². The monoisotopic (exact) mass is 341 g/mol. The average Bonchev–Trinajstić information content (AvgIpc) is 2.77. The van der Waals surface area contributed by atoms with Crippen molar-refractivity contribution < 1.29 is 13.7 Å². The van der Waals surface area contributed by atoms with Crippen LogP contribution in [0.1, 0.15) is 23.1 Å². The van der Waals surface area contributed by atoms with Gasteiger partial charge in [0.1, 0.15) is 17.6 Å². The van der Waals surface area contributed by atoms with Gasteiger partial charge in [0.05, 0.1) is 5.69 Å². The lowest BCUT2D eigenvalue weighted by atomic mass is 10.1. The van der Waals surface area contributed by atoms with Crippen LogP contribution in [0.15, 0.2) is 33.3 Å². The van der Waals surface area contributed by atoms with E-state index in [1.807, 2.05) is 0 Å². The highest BCUT2D eigenvalue weighted by Gasteiger charge is 2.21. The summed E-state index contributed by atoms with van der Waals surface area (Å²) in [7, 11) is 0. The van der Waals surface area contributed by atoms with Gasteiger partial charge >= 0.3 is 0 Å². The summed E-state index contributed by atoms with van der Waals surface area (Å²) in [6, 6.07) is 5.24. The van der Waals surface area contributed by atoms with Gasteiger partial charge in [-0.05, 0) is 19.1 Å². The van der Waals surface area contributed by atoms with Gasteiger partial charge in [0.2, 0.25) is 5.91 Å². The van der Waals surface area contributed by atoms with Crippen molar-refractivity contribution in [3.8, 4) is 0 Å². The molecule has 0 radical (unpaired) electrons. The quantitative estimate of drug-likeness (QED) is 0.873. The van der Waals surface area contributed by atoms with Crippen LogP contribution in [0.3, 0.4) is 0 Å². The number of benzene rings is 1. The number of hydrogen-bond acceptors (Lipinski definition) is 4. The van der Waals surface area contributed by atoms with E-state index in [1.54, 1.807) is 19.1 Å². The lowest BCUT2D eigenvalue weighted by Gasteiger charge is -2.15. The van der Waals surface area contributed by atoms with Crippen LogP contribution < -0.4 is 11.1 Å². The van der Waals surface area contributed by atoms with Crippen LogP contribution in [0, 0.1) is 12.7 Å². The van der Waals surface area contributed by atoms with Crippen molar-refractivity contribution in [1.29, 1.82) is 0 Å². The van der Waals surface area contributed by atoms with Crippen LogP contribution in [-0.4, -0.2) is 11.1 Å². The number of amides is 1. The summed E-state index contributed by atoms with van der Waals surface area (Å²) >= 11 is 3.16.